The topological polar surface area (TPSA) is 59.7 Å². The second kappa shape index (κ2) is 7.53. The third-order valence-electron chi connectivity index (χ3n) is 4.23. The van der Waals surface area contributed by atoms with Gasteiger partial charge in [0, 0.05) is 17.4 Å². The van der Waals surface area contributed by atoms with E-state index >= 15 is 0 Å². The Hall–Kier alpha value is -2.59. The smallest absolute Gasteiger partial charge is 0.306 e. The van der Waals surface area contributed by atoms with Crippen LogP contribution < -0.4 is 0 Å². The van der Waals surface area contributed by atoms with Gasteiger partial charge in [0.25, 0.3) is 0 Å². The van der Waals surface area contributed by atoms with Crippen LogP contribution in [-0.2, 0) is 16.0 Å². The van der Waals surface area contributed by atoms with Gasteiger partial charge in [0.1, 0.15) is 17.4 Å². The number of hydrogen-bond acceptors (Lipinski definition) is 4. The number of benzene rings is 2. The number of hydrogen-bond donors (Lipinski definition) is 1. The van der Waals surface area contributed by atoms with Crippen LogP contribution in [0.15, 0.2) is 52.9 Å². The van der Waals surface area contributed by atoms with Gasteiger partial charge in [-0.2, -0.15) is 0 Å². The molecule has 0 spiro atoms. The number of carbonyl (C=O) groups excluding carboxylic acids is 1. The van der Waals surface area contributed by atoms with Gasteiger partial charge in [-0.1, -0.05) is 42.0 Å². The molecule has 0 saturated heterocycles. The molecule has 0 aliphatic carbocycles. The van der Waals surface area contributed by atoms with E-state index in [0.717, 1.165) is 27.7 Å². The summed E-state index contributed by atoms with van der Waals surface area (Å²) in [5.74, 6) is 0.251. The maximum absolute atomic E-state index is 11.8. The Bertz CT molecular complexity index is 864. The molecule has 3 rings (SSSR count). The summed E-state index contributed by atoms with van der Waals surface area (Å²) >= 11 is 0. The van der Waals surface area contributed by atoms with Gasteiger partial charge in [-0.25, -0.2) is 0 Å². The maximum Gasteiger partial charge on any atom is 0.306 e. The van der Waals surface area contributed by atoms with Crippen molar-refractivity contribution in [2.45, 2.75) is 32.8 Å². The molecule has 1 N–H and O–H groups in total. The van der Waals surface area contributed by atoms with Crippen molar-refractivity contribution in [2.24, 2.45) is 0 Å². The summed E-state index contributed by atoms with van der Waals surface area (Å²) in [6, 6.07) is 15.3. The zero-order chi connectivity index (χ0) is 17.8. The average molecular weight is 338 g/mol. The summed E-state index contributed by atoms with van der Waals surface area (Å²) in [6.45, 7) is 4.16. The number of fused-ring (bicyclic) bond motifs is 1. The third-order valence-corrected chi connectivity index (χ3v) is 4.23. The molecule has 4 heteroatoms. The Morgan fingerprint density at radius 1 is 1.20 bits per heavy atom. The van der Waals surface area contributed by atoms with E-state index in [1.165, 1.54) is 0 Å². The molecule has 0 bridgehead atoms. The molecule has 1 aromatic heterocycles. The third kappa shape index (κ3) is 3.74. The molecule has 0 amide bonds. The first kappa shape index (κ1) is 17.2. The summed E-state index contributed by atoms with van der Waals surface area (Å²) in [5.41, 5.74) is 3.44. The molecule has 1 heterocycles. The van der Waals surface area contributed by atoms with Crippen molar-refractivity contribution >= 4 is 16.9 Å². The molecule has 2 aromatic carbocycles. The van der Waals surface area contributed by atoms with E-state index in [1.54, 1.807) is 6.92 Å². The minimum atomic E-state index is -0.869. The van der Waals surface area contributed by atoms with Gasteiger partial charge in [-0.05, 0) is 38.0 Å². The standard InChI is InChI=1S/C21H22O4/c1-3-24-19(22)12-10-16-17-13-14(2)9-11-18(17)25-21(16)20(23)15-7-5-4-6-8-15/h4-9,11,13,20,23H,3,10,12H2,1-2H3. The Kier molecular flexibility index (Phi) is 5.19. The number of esters is 1. The van der Waals surface area contributed by atoms with Gasteiger partial charge in [0.05, 0.1) is 6.61 Å². The molecule has 0 saturated carbocycles. The average Bonchev–Trinajstić information content (AvgIpc) is 2.98. The first-order valence-electron chi connectivity index (χ1n) is 8.50. The van der Waals surface area contributed by atoms with Gasteiger partial charge in [-0.15, -0.1) is 0 Å². The van der Waals surface area contributed by atoms with E-state index in [2.05, 4.69) is 0 Å². The first-order chi connectivity index (χ1) is 12.1. The van der Waals surface area contributed by atoms with Gasteiger partial charge in [0.15, 0.2) is 0 Å². The van der Waals surface area contributed by atoms with Crippen LogP contribution in [0.2, 0.25) is 0 Å². The van der Waals surface area contributed by atoms with E-state index in [-0.39, 0.29) is 12.4 Å². The minimum Gasteiger partial charge on any atom is -0.466 e. The predicted molar refractivity (Wildman–Crippen MR) is 96.4 cm³/mol. The van der Waals surface area contributed by atoms with Crippen molar-refractivity contribution in [3.63, 3.8) is 0 Å². The molecule has 1 atom stereocenters. The molecule has 0 radical (unpaired) electrons. The van der Waals surface area contributed by atoms with Gasteiger partial charge in [-0.3, -0.25) is 4.79 Å². The number of rotatable bonds is 6. The van der Waals surface area contributed by atoms with Crippen LogP contribution in [0.1, 0.15) is 41.9 Å². The van der Waals surface area contributed by atoms with Crippen molar-refractivity contribution in [2.75, 3.05) is 6.61 Å². The summed E-state index contributed by atoms with van der Waals surface area (Å²) in [7, 11) is 0. The SMILES string of the molecule is CCOC(=O)CCc1c(C(O)c2ccccc2)oc2ccc(C)cc12. The lowest BCUT2D eigenvalue weighted by Crippen LogP contribution is -2.07. The van der Waals surface area contributed by atoms with E-state index in [9.17, 15) is 9.90 Å². The van der Waals surface area contributed by atoms with Gasteiger partial charge in [0.2, 0.25) is 0 Å². The second-order valence-electron chi connectivity index (χ2n) is 6.06. The molecule has 1 unspecified atom stereocenters. The molecular formula is C21H22O4. The first-order valence-corrected chi connectivity index (χ1v) is 8.50. The summed E-state index contributed by atoms with van der Waals surface area (Å²) in [5, 5.41) is 11.7. The number of aliphatic hydroxyl groups excluding tert-OH is 1. The second-order valence-corrected chi connectivity index (χ2v) is 6.06. The summed E-state index contributed by atoms with van der Waals surface area (Å²) in [4.78, 5) is 11.8. The highest BCUT2D eigenvalue weighted by Crippen LogP contribution is 2.34. The highest BCUT2D eigenvalue weighted by atomic mass is 16.5. The monoisotopic (exact) mass is 338 g/mol. The molecule has 0 aliphatic rings. The predicted octanol–water partition coefficient (Wildman–Crippen LogP) is 4.32. The van der Waals surface area contributed by atoms with Crippen LogP contribution >= 0.6 is 0 Å². The lowest BCUT2D eigenvalue weighted by Gasteiger charge is -2.11. The largest absolute Gasteiger partial charge is 0.466 e. The van der Waals surface area contributed by atoms with E-state index in [4.69, 9.17) is 9.15 Å². The van der Waals surface area contributed by atoms with Crippen LogP contribution in [0.5, 0.6) is 0 Å². The fraction of sp³-hybridized carbons (Fsp3) is 0.286. The molecule has 0 aliphatic heterocycles. The highest BCUT2D eigenvalue weighted by molar-refractivity contribution is 5.84. The Balaban J connectivity index is 2.01. The minimum absolute atomic E-state index is 0.246. The Labute approximate surface area is 147 Å². The summed E-state index contributed by atoms with van der Waals surface area (Å²) < 4.78 is 11.0. The molecule has 0 fully saturated rings. The number of aryl methyl sites for hydroxylation is 2. The molecule has 4 nitrogen and oxygen atoms in total. The Morgan fingerprint density at radius 3 is 2.68 bits per heavy atom. The van der Waals surface area contributed by atoms with Crippen LogP contribution in [-0.4, -0.2) is 17.7 Å². The number of aliphatic hydroxyl groups is 1. The molecular weight excluding hydrogens is 316 g/mol. The quantitative estimate of drug-likeness (QED) is 0.680. The number of ether oxygens (including phenoxy) is 1. The van der Waals surface area contributed by atoms with Crippen molar-refractivity contribution < 1.29 is 19.1 Å². The zero-order valence-electron chi connectivity index (χ0n) is 14.5. The van der Waals surface area contributed by atoms with Crippen LogP contribution in [0.25, 0.3) is 11.0 Å². The fourth-order valence-corrected chi connectivity index (χ4v) is 3.01. The molecule has 25 heavy (non-hydrogen) atoms. The lowest BCUT2D eigenvalue weighted by molar-refractivity contribution is -0.143. The maximum atomic E-state index is 11.8. The molecule has 130 valence electrons. The summed E-state index contributed by atoms with van der Waals surface area (Å²) in [6.07, 6.45) is -0.148. The van der Waals surface area contributed by atoms with Gasteiger partial charge >= 0.3 is 5.97 Å². The van der Waals surface area contributed by atoms with Crippen LogP contribution in [0.3, 0.4) is 0 Å². The van der Waals surface area contributed by atoms with Gasteiger partial charge < -0.3 is 14.3 Å². The van der Waals surface area contributed by atoms with E-state index < -0.39 is 6.10 Å². The number of furan rings is 1. The lowest BCUT2D eigenvalue weighted by atomic mass is 9.98. The van der Waals surface area contributed by atoms with Crippen molar-refractivity contribution in [1.82, 2.24) is 0 Å². The normalized spacial score (nSPS) is 12.3. The van der Waals surface area contributed by atoms with E-state index in [0.29, 0.717) is 18.8 Å². The zero-order valence-corrected chi connectivity index (χ0v) is 14.5. The van der Waals surface area contributed by atoms with Crippen molar-refractivity contribution in [3.8, 4) is 0 Å². The van der Waals surface area contributed by atoms with Crippen LogP contribution in [0, 0.1) is 6.92 Å². The van der Waals surface area contributed by atoms with E-state index in [1.807, 2.05) is 55.5 Å². The van der Waals surface area contributed by atoms with Crippen molar-refractivity contribution in [1.29, 1.82) is 0 Å². The van der Waals surface area contributed by atoms with Crippen LogP contribution in [0.4, 0.5) is 0 Å². The molecule has 3 aromatic rings. The fourth-order valence-electron chi connectivity index (χ4n) is 3.01. The van der Waals surface area contributed by atoms with Crippen molar-refractivity contribution in [3.05, 3.63) is 71.0 Å². The highest BCUT2D eigenvalue weighted by Gasteiger charge is 2.23. The Morgan fingerprint density at radius 2 is 1.96 bits per heavy atom. The number of carbonyl (C=O) groups is 1.